The lowest BCUT2D eigenvalue weighted by Gasteiger charge is -2.04. The Balaban J connectivity index is 2.93. The summed E-state index contributed by atoms with van der Waals surface area (Å²) < 4.78 is 4.80. The van der Waals surface area contributed by atoms with Crippen LogP contribution in [-0.4, -0.2) is 22.5 Å². The molecule has 0 aliphatic rings. The van der Waals surface area contributed by atoms with Crippen LogP contribution in [0, 0.1) is 18.4 Å². The van der Waals surface area contributed by atoms with Crippen molar-refractivity contribution in [3.8, 4) is 6.19 Å². The first-order valence-corrected chi connectivity index (χ1v) is 4.35. The standard InChI is InChI=1S/C9H10N4O2/c1-3-15-8(14)7-4-11-9(12-5-10)13-6(7)2/h4H,3H2,1-2H3,(H,11,12,13). The molecule has 0 amide bonds. The van der Waals surface area contributed by atoms with Crippen molar-refractivity contribution in [2.45, 2.75) is 13.8 Å². The van der Waals surface area contributed by atoms with Gasteiger partial charge < -0.3 is 4.74 Å². The average Bonchev–Trinajstić information content (AvgIpc) is 2.18. The fraction of sp³-hybridized carbons (Fsp3) is 0.333. The van der Waals surface area contributed by atoms with E-state index in [1.165, 1.54) is 6.20 Å². The summed E-state index contributed by atoms with van der Waals surface area (Å²) in [5, 5.41) is 10.6. The lowest BCUT2D eigenvalue weighted by molar-refractivity contribution is 0.0524. The van der Waals surface area contributed by atoms with Crippen molar-refractivity contribution in [1.82, 2.24) is 9.97 Å². The summed E-state index contributed by atoms with van der Waals surface area (Å²) in [6.45, 7) is 3.67. The Kier molecular flexibility index (Phi) is 3.57. The molecule has 1 heterocycles. The molecule has 0 saturated heterocycles. The Hall–Kier alpha value is -2.16. The van der Waals surface area contributed by atoms with Gasteiger partial charge >= 0.3 is 5.97 Å². The van der Waals surface area contributed by atoms with Crippen LogP contribution in [0.1, 0.15) is 23.0 Å². The third-order valence-corrected chi connectivity index (χ3v) is 1.64. The first kappa shape index (κ1) is 10.9. The van der Waals surface area contributed by atoms with Crippen LogP contribution in [0.3, 0.4) is 0 Å². The second-order valence-electron chi connectivity index (χ2n) is 2.65. The minimum atomic E-state index is -0.460. The lowest BCUT2D eigenvalue weighted by Crippen LogP contribution is -2.09. The number of ether oxygens (including phenoxy) is 1. The first-order chi connectivity index (χ1) is 7.19. The van der Waals surface area contributed by atoms with Crippen LogP contribution in [0.4, 0.5) is 5.95 Å². The molecule has 0 aromatic carbocycles. The number of rotatable bonds is 3. The molecule has 0 aliphatic heterocycles. The number of aromatic nitrogens is 2. The number of carbonyl (C=O) groups excluding carboxylic acids is 1. The number of hydrogen-bond acceptors (Lipinski definition) is 6. The monoisotopic (exact) mass is 206 g/mol. The zero-order valence-corrected chi connectivity index (χ0v) is 8.44. The van der Waals surface area contributed by atoms with E-state index in [2.05, 4.69) is 15.3 Å². The number of aryl methyl sites for hydroxylation is 1. The molecule has 1 rings (SSSR count). The molecule has 0 unspecified atom stereocenters. The predicted molar refractivity (Wildman–Crippen MR) is 52.0 cm³/mol. The zero-order valence-electron chi connectivity index (χ0n) is 8.44. The SMILES string of the molecule is CCOC(=O)c1cnc(NC#N)nc1C. The van der Waals surface area contributed by atoms with Crippen molar-refractivity contribution in [2.75, 3.05) is 11.9 Å². The van der Waals surface area contributed by atoms with Gasteiger partial charge in [-0.3, -0.25) is 5.32 Å². The number of esters is 1. The Bertz CT molecular complexity index is 411. The Morgan fingerprint density at radius 3 is 3.00 bits per heavy atom. The molecule has 0 spiro atoms. The number of nitrogens with one attached hydrogen (secondary N) is 1. The summed E-state index contributed by atoms with van der Waals surface area (Å²) in [5.41, 5.74) is 0.779. The molecule has 0 radical (unpaired) electrons. The topological polar surface area (TPSA) is 87.9 Å². The number of nitriles is 1. The molecule has 6 heteroatoms. The van der Waals surface area contributed by atoms with Crippen molar-refractivity contribution < 1.29 is 9.53 Å². The van der Waals surface area contributed by atoms with Crippen molar-refractivity contribution in [2.24, 2.45) is 0 Å². The summed E-state index contributed by atoms with van der Waals surface area (Å²) in [5.74, 6) is -0.290. The molecular weight excluding hydrogens is 196 g/mol. The van der Waals surface area contributed by atoms with Gasteiger partial charge in [-0.25, -0.2) is 14.8 Å². The van der Waals surface area contributed by atoms with Gasteiger partial charge in [-0.05, 0) is 13.8 Å². The molecule has 0 saturated carbocycles. The molecule has 78 valence electrons. The molecule has 1 aromatic rings. The molecule has 1 N–H and O–H groups in total. The van der Waals surface area contributed by atoms with Crippen molar-refractivity contribution in [1.29, 1.82) is 5.26 Å². The normalized spacial score (nSPS) is 9.13. The van der Waals surface area contributed by atoms with Crippen LogP contribution in [0.25, 0.3) is 0 Å². The number of anilines is 1. The lowest BCUT2D eigenvalue weighted by atomic mass is 10.2. The van der Waals surface area contributed by atoms with Crippen molar-refractivity contribution in [3.63, 3.8) is 0 Å². The largest absolute Gasteiger partial charge is 0.462 e. The van der Waals surface area contributed by atoms with Crippen LogP contribution in [-0.2, 0) is 4.74 Å². The van der Waals surface area contributed by atoms with Crippen LogP contribution >= 0.6 is 0 Å². The minimum Gasteiger partial charge on any atom is -0.462 e. The van der Waals surface area contributed by atoms with Crippen LogP contribution < -0.4 is 5.32 Å². The molecule has 0 fully saturated rings. The van der Waals surface area contributed by atoms with Gasteiger partial charge in [0, 0.05) is 6.20 Å². The number of nitrogens with zero attached hydrogens (tertiary/aromatic N) is 3. The molecule has 0 bridgehead atoms. The highest BCUT2D eigenvalue weighted by Gasteiger charge is 2.12. The van der Waals surface area contributed by atoms with E-state index in [0.717, 1.165) is 0 Å². The van der Waals surface area contributed by atoms with Crippen molar-refractivity contribution in [3.05, 3.63) is 17.5 Å². The van der Waals surface area contributed by atoms with Gasteiger partial charge in [-0.2, -0.15) is 5.26 Å². The van der Waals surface area contributed by atoms with Gasteiger partial charge in [0.25, 0.3) is 0 Å². The van der Waals surface area contributed by atoms with Gasteiger partial charge in [-0.15, -0.1) is 0 Å². The molecule has 0 aliphatic carbocycles. The summed E-state index contributed by atoms with van der Waals surface area (Å²) >= 11 is 0. The van der Waals surface area contributed by atoms with Gasteiger partial charge in [0.05, 0.1) is 17.9 Å². The smallest absolute Gasteiger partial charge is 0.341 e. The second-order valence-corrected chi connectivity index (χ2v) is 2.65. The summed E-state index contributed by atoms with van der Waals surface area (Å²) in [4.78, 5) is 19.1. The van der Waals surface area contributed by atoms with Crippen LogP contribution in [0.2, 0.25) is 0 Å². The highest BCUT2D eigenvalue weighted by atomic mass is 16.5. The Morgan fingerprint density at radius 1 is 1.73 bits per heavy atom. The molecule has 6 nitrogen and oxygen atoms in total. The van der Waals surface area contributed by atoms with E-state index in [0.29, 0.717) is 17.9 Å². The van der Waals surface area contributed by atoms with E-state index in [1.807, 2.05) is 0 Å². The third-order valence-electron chi connectivity index (χ3n) is 1.64. The average molecular weight is 206 g/mol. The maximum atomic E-state index is 11.3. The summed E-state index contributed by atoms with van der Waals surface area (Å²) in [7, 11) is 0. The van der Waals surface area contributed by atoms with E-state index < -0.39 is 5.97 Å². The molecule has 0 atom stereocenters. The van der Waals surface area contributed by atoms with Crippen LogP contribution in [0.15, 0.2) is 6.20 Å². The number of carbonyl (C=O) groups is 1. The van der Waals surface area contributed by atoms with Crippen LogP contribution in [0.5, 0.6) is 0 Å². The quantitative estimate of drug-likeness (QED) is 0.448. The van der Waals surface area contributed by atoms with Gasteiger partial charge in [-0.1, -0.05) is 0 Å². The molecule has 1 aromatic heterocycles. The minimum absolute atomic E-state index is 0.169. The zero-order chi connectivity index (χ0) is 11.3. The second kappa shape index (κ2) is 4.91. The van der Waals surface area contributed by atoms with Gasteiger partial charge in [0.2, 0.25) is 5.95 Å². The van der Waals surface area contributed by atoms with Gasteiger partial charge in [0.1, 0.15) is 0 Å². The van der Waals surface area contributed by atoms with E-state index in [4.69, 9.17) is 10.00 Å². The van der Waals surface area contributed by atoms with E-state index in [9.17, 15) is 4.79 Å². The maximum absolute atomic E-state index is 11.3. The highest BCUT2D eigenvalue weighted by Crippen LogP contribution is 2.08. The highest BCUT2D eigenvalue weighted by molar-refractivity contribution is 5.90. The van der Waals surface area contributed by atoms with E-state index >= 15 is 0 Å². The molecular formula is C9H10N4O2. The summed E-state index contributed by atoms with van der Waals surface area (Å²) in [6, 6.07) is 0. The van der Waals surface area contributed by atoms with E-state index in [-0.39, 0.29) is 5.95 Å². The fourth-order valence-electron chi connectivity index (χ4n) is 0.987. The fourth-order valence-corrected chi connectivity index (χ4v) is 0.987. The van der Waals surface area contributed by atoms with E-state index in [1.54, 1.807) is 20.0 Å². The number of hydrogen-bond donors (Lipinski definition) is 1. The summed E-state index contributed by atoms with van der Waals surface area (Å²) in [6.07, 6.45) is 3.03. The maximum Gasteiger partial charge on any atom is 0.341 e. The molecule has 15 heavy (non-hydrogen) atoms. The Morgan fingerprint density at radius 2 is 2.47 bits per heavy atom. The predicted octanol–water partition coefficient (Wildman–Crippen LogP) is 0.855. The Labute approximate surface area is 86.9 Å². The van der Waals surface area contributed by atoms with Crippen molar-refractivity contribution >= 4 is 11.9 Å². The first-order valence-electron chi connectivity index (χ1n) is 4.35. The third kappa shape index (κ3) is 2.64. The van der Waals surface area contributed by atoms with Gasteiger partial charge in [0.15, 0.2) is 6.19 Å².